The van der Waals surface area contributed by atoms with Gasteiger partial charge in [0, 0.05) is 24.5 Å². The van der Waals surface area contributed by atoms with Gasteiger partial charge in [0.15, 0.2) is 0 Å². The molecule has 1 saturated heterocycles. The van der Waals surface area contributed by atoms with Crippen LogP contribution in [0.2, 0.25) is 0 Å². The summed E-state index contributed by atoms with van der Waals surface area (Å²) in [4.78, 5) is 4.90. The summed E-state index contributed by atoms with van der Waals surface area (Å²) in [5.41, 5.74) is 2.03. The molecule has 3 aromatic carbocycles. The maximum Gasteiger partial charge on any atom is 0.127 e. The molecular formula is C25H27ClN2O3. The normalized spacial score (nSPS) is 15.6. The Morgan fingerprint density at radius 1 is 1.00 bits per heavy atom. The second-order valence-electron chi connectivity index (χ2n) is 7.90. The van der Waals surface area contributed by atoms with Crippen molar-refractivity contribution in [1.29, 1.82) is 0 Å². The molecule has 0 saturated carbocycles. The molecule has 0 radical (unpaired) electrons. The number of imidazole rings is 1. The van der Waals surface area contributed by atoms with Crippen LogP contribution in [-0.4, -0.2) is 40.6 Å². The van der Waals surface area contributed by atoms with E-state index in [-0.39, 0.29) is 19.0 Å². The Hall–Kier alpha value is -2.60. The van der Waals surface area contributed by atoms with Crippen LogP contribution in [0.15, 0.2) is 66.7 Å². The lowest BCUT2D eigenvalue weighted by Gasteiger charge is -2.24. The summed E-state index contributed by atoms with van der Waals surface area (Å²) in [6.07, 6.45) is 1.29. The summed E-state index contributed by atoms with van der Waals surface area (Å²) in [7, 11) is 0. The molecule has 5 rings (SSSR count). The fraction of sp³-hybridized carbons (Fsp3) is 0.320. The first-order valence-corrected chi connectivity index (χ1v) is 10.6. The number of benzene rings is 3. The molecule has 0 amide bonds. The van der Waals surface area contributed by atoms with Crippen LogP contribution in [-0.2, 0) is 11.3 Å². The smallest absolute Gasteiger partial charge is 0.127 e. The molecule has 5 nitrogen and oxygen atoms in total. The number of hydrogen-bond donors (Lipinski definition) is 1. The zero-order chi connectivity index (χ0) is 20.3. The Labute approximate surface area is 188 Å². The second-order valence-corrected chi connectivity index (χ2v) is 7.90. The third-order valence-electron chi connectivity index (χ3n) is 5.84. The molecular weight excluding hydrogens is 412 g/mol. The van der Waals surface area contributed by atoms with Crippen molar-refractivity contribution in [3.05, 3.63) is 72.6 Å². The van der Waals surface area contributed by atoms with Crippen LogP contribution in [0.5, 0.6) is 5.75 Å². The number of fused-ring (bicyclic) bond motifs is 2. The number of nitrogens with zero attached hydrogens (tertiary/aromatic N) is 2. The molecule has 1 aliphatic rings. The third-order valence-corrected chi connectivity index (χ3v) is 5.84. The van der Waals surface area contributed by atoms with Crippen LogP contribution in [0, 0.1) is 0 Å². The molecule has 2 heterocycles. The van der Waals surface area contributed by atoms with Crippen molar-refractivity contribution < 1.29 is 14.6 Å². The van der Waals surface area contributed by atoms with Gasteiger partial charge in [-0.05, 0) is 36.4 Å². The van der Waals surface area contributed by atoms with Gasteiger partial charge < -0.3 is 19.1 Å². The fourth-order valence-corrected chi connectivity index (χ4v) is 4.32. The highest BCUT2D eigenvalue weighted by atomic mass is 35.5. The van der Waals surface area contributed by atoms with Crippen LogP contribution in [0.25, 0.3) is 21.8 Å². The van der Waals surface area contributed by atoms with Crippen molar-refractivity contribution in [2.75, 3.05) is 19.8 Å². The van der Waals surface area contributed by atoms with E-state index in [0.717, 1.165) is 59.4 Å². The summed E-state index contributed by atoms with van der Waals surface area (Å²) >= 11 is 0. The molecule has 4 aromatic rings. The predicted molar refractivity (Wildman–Crippen MR) is 125 cm³/mol. The first kappa shape index (κ1) is 21.6. The van der Waals surface area contributed by atoms with Crippen molar-refractivity contribution in [2.24, 2.45) is 0 Å². The van der Waals surface area contributed by atoms with E-state index in [0.29, 0.717) is 12.5 Å². The number of para-hydroxylation sites is 2. The van der Waals surface area contributed by atoms with Gasteiger partial charge in [-0.15, -0.1) is 12.4 Å². The largest absolute Gasteiger partial charge is 0.490 e. The molecule has 1 unspecified atom stereocenters. The van der Waals surface area contributed by atoms with Gasteiger partial charge in [0.1, 0.15) is 24.3 Å². The Morgan fingerprint density at radius 2 is 1.74 bits per heavy atom. The van der Waals surface area contributed by atoms with Crippen molar-refractivity contribution >= 4 is 34.2 Å². The Balaban J connectivity index is 0.00000231. The van der Waals surface area contributed by atoms with E-state index in [1.54, 1.807) is 0 Å². The van der Waals surface area contributed by atoms with Crippen LogP contribution in [0.4, 0.5) is 0 Å². The number of aromatic nitrogens is 2. The summed E-state index contributed by atoms with van der Waals surface area (Å²) < 4.78 is 13.7. The average Bonchev–Trinajstić information content (AvgIpc) is 3.16. The third kappa shape index (κ3) is 4.54. The van der Waals surface area contributed by atoms with Gasteiger partial charge in [-0.25, -0.2) is 4.98 Å². The van der Waals surface area contributed by atoms with Crippen molar-refractivity contribution in [3.63, 3.8) is 0 Å². The lowest BCUT2D eigenvalue weighted by molar-refractivity contribution is 0.0782. The molecule has 0 spiro atoms. The zero-order valence-corrected chi connectivity index (χ0v) is 18.1. The lowest BCUT2D eigenvalue weighted by atomic mass is 9.99. The van der Waals surface area contributed by atoms with E-state index in [9.17, 15) is 5.11 Å². The molecule has 1 atom stereocenters. The molecule has 1 fully saturated rings. The zero-order valence-electron chi connectivity index (χ0n) is 17.3. The SMILES string of the molecule is Cl.OC(COc1cccc2ccccc12)Cn1c(C2CCOCC2)nc2ccccc21. The van der Waals surface area contributed by atoms with E-state index in [1.165, 1.54) is 0 Å². The molecule has 1 aliphatic heterocycles. The molecule has 1 aromatic heterocycles. The van der Waals surface area contributed by atoms with Crippen molar-refractivity contribution in [3.8, 4) is 5.75 Å². The molecule has 31 heavy (non-hydrogen) atoms. The van der Waals surface area contributed by atoms with Crippen LogP contribution >= 0.6 is 12.4 Å². The second kappa shape index (κ2) is 9.69. The molecule has 0 bridgehead atoms. The van der Waals surface area contributed by atoms with E-state index in [2.05, 4.69) is 22.8 Å². The van der Waals surface area contributed by atoms with Crippen molar-refractivity contribution in [2.45, 2.75) is 31.4 Å². The van der Waals surface area contributed by atoms with Gasteiger partial charge in [0.05, 0.1) is 17.6 Å². The number of rotatable bonds is 6. The van der Waals surface area contributed by atoms with Gasteiger partial charge in [-0.3, -0.25) is 0 Å². The van der Waals surface area contributed by atoms with Crippen molar-refractivity contribution in [1.82, 2.24) is 9.55 Å². The van der Waals surface area contributed by atoms with Gasteiger partial charge in [-0.2, -0.15) is 0 Å². The van der Waals surface area contributed by atoms with E-state index in [4.69, 9.17) is 14.5 Å². The lowest BCUT2D eigenvalue weighted by Crippen LogP contribution is -2.26. The van der Waals surface area contributed by atoms with E-state index in [1.807, 2.05) is 48.5 Å². The summed E-state index contributed by atoms with van der Waals surface area (Å²) in [5.74, 6) is 2.20. The maximum atomic E-state index is 10.8. The number of ether oxygens (including phenoxy) is 2. The minimum absolute atomic E-state index is 0. The molecule has 1 N–H and O–H groups in total. The van der Waals surface area contributed by atoms with Crippen LogP contribution in [0.1, 0.15) is 24.6 Å². The fourth-order valence-electron chi connectivity index (χ4n) is 4.32. The van der Waals surface area contributed by atoms with E-state index < -0.39 is 6.10 Å². The number of aliphatic hydroxyl groups excluding tert-OH is 1. The highest BCUT2D eigenvalue weighted by Crippen LogP contribution is 2.30. The molecule has 0 aliphatic carbocycles. The Morgan fingerprint density at radius 3 is 2.61 bits per heavy atom. The Bertz CT molecular complexity index is 1150. The number of halogens is 1. The standard InChI is InChI=1S/C25H26N2O3.ClH/c28-20(17-30-24-11-5-7-18-6-1-2-8-21(18)24)16-27-23-10-4-3-9-22(23)26-25(27)19-12-14-29-15-13-19;/h1-11,19-20,28H,12-17H2;1H. The van der Waals surface area contributed by atoms with Gasteiger partial charge in [0.2, 0.25) is 0 Å². The molecule has 162 valence electrons. The highest BCUT2D eigenvalue weighted by Gasteiger charge is 2.24. The first-order valence-electron chi connectivity index (χ1n) is 10.6. The quantitative estimate of drug-likeness (QED) is 0.463. The minimum atomic E-state index is -0.639. The summed E-state index contributed by atoms with van der Waals surface area (Å²) in [6, 6.07) is 22.3. The monoisotopic (exact) mass is 438 g/mol. The van der Waals surface area contributed by atoms with E-state index >= 15 is 0 Å². The van der Waals surface area contributed by atoms with Gasteiger partial charge in [-0.1, -0.05) is 48.5 Å². The van der Waals surface area contributed by atoms with Crippen LogP contribution in [0.3, 0.4) is 0 Å². The topological polar surface area (TPSA) is 56.5 Å². The summed E-state index contributed by atoms with van der Waals surface area (Å²) in [6.45, 7) is 2.22. The minimum Gasteiger partial charge on any atom is -0.490 e. The number of aliphatic hydroxyl groups is 1. The van der Waals surface area contributed by atoms with Gasteiger partial charge in [0.25, 0.3) is 0 Å². The molecule has 6 heteroatoms. The summed E-state index contributed by atoms with van der Waals surface area (Å²) in [5, 5.41) is 13.0. The van der Waals surface area contributed by atoms with Gasteiger partial charge >= 0.3 is 0 Å². The Kier molecular flexibility index (Phi) is 6.76. The predicted octanol–water partition coefficient (Wildman–Crippen LogP) is 4.95. The number of hydrogen-bond acceptors (Lipinski definition) is 4. The first-order chi connectivity index (χ1) is 14.8. The van der Waals surface area contributed by atoms with Crippen LogP contribution < -0.4 is 4.74 Å². The average molecular weight is 439 g/mol. The maximum absolute atomic E-state index is 10.8. The highest BCUT2D eigenvalue weighted by molar-refractivity contribution is 5.88.